The van der Waals surface area contributed by atoms with E-state index in [4.69, 9.17) is 18.9 Å². The largest absolute Gasteiger partial charge is 0.545 e. The number of allylic oxidation sites excluding steroid dienone is 8. The van der Waals surface area contributed by atoms with E-state index in [0.717, 1.165) is 96.3 Å². The highest BCUT2D eigenvalue weighted by Crippen LogP contribution is 2.12. The number of esters is 2. The lowest BCUT2D eigenvalue weighted by atomic mass is 10.1. The van der Waals surface area contributed by atoms with Crippen LogP contribution in [-0.2, 0) is 33.3 Å². The smallest absolute Gasteiger partial charge is 0.306 e. The molecular weight excluding hydrogens is 670 g/mol. The minimum atomic E-state index is -1.63. The summed E-state index contributed by atoms with van der Waals surface area (Å²) >= 11 is 0. The van der Waals surface area contributed by atoms with Crippen LogP contribution in [0.1, 0.15) is 155 Å². The summed E-state index contributed by atoms with van der Waals surface area (Å²) in [6.45, 7) is 4.60. The number of ether oxygens (including phenoxy) is 4. The van der Waals surface area contributed by atoms with E-state index in [-0.39, 0.29) is 38.6 Å². The number of carbonyl (C=O) groups excluding carboxylic acids is 3. The predicted molar refractivity (Wildman–Crippen MR) is 214 cm³/mol. The van der Waals surface area contributed by atoms with E-state index < -0.39 is 24.3 Å². The number of carboxylic acids is 1. The Morgan fingerprint density at radius 3 is 1.49 bits per heavy atom. The van der Waals surface area contributed by atoms with Gasteiger partial charge in [-0.05, 0) is 64.2 Å². The van der Waals surface area contributed by atoms with Crippen molar-refractivity contribution in [1.82, 2.24) is 0 Å². The van der Waals surface area contributed by atoms with Gasteiger partial charge >= 0.3 is 11.9 Å². The number of hydrogen-bond donors (Lipinski definition) is 0. The fourth-order valence-electron chi connectivity index (χ4n) is 5.21. The maximum atomic E-state index is 12.7. The molecule has 0 rings (SSSR count). The molecule has 0 spiro atoms. The molecule has 0 aromatic heterocycles. The SMILES string of the molecule is CCCC/C=C\C/C=C\CCCCCCCC(=O)OCC(COC(OCC[N+](C)(C)C)C(=O)[O-])OC(=O)CCCCCCC/C=C\C/C=C\CCCC. The van der Waals surface area contributed by atoms with Gasteiger partial charge in [-0.15, -0.1) is 0 Å². The van der Waals surface area contributed by atoms with Gasteiger partial charge in [0, 0.05) is 12.8 Å². The van der Waals surface area contributed by atoms with Gasteiger partial charge in [0.1, 0.15) is 13.2 Å². The molecule has 0 aliphatic carbocycles. The molecule has 0 aliphatic heterocycles. The van der Waals surface area contributed by atoms with Gasteiger partial charge in [-0.1, -0.05) is 127 Å². The summed E-state index contributed by atoms with van der Waals surface area (Å²) in [5.41, 5.74) is 0. The molecule has 0 radical (unpaired) electrons. The van der Waals surface area contributed by atoms with Gasteiger partial charge in [0.05, 0.1) is 40.3 Å². The van der Waals surface area contributed by atoms with Crippen LogP contribution in [0.4, 0.5) is 0 Å². The molecule has 0 heterocycles. The average Bonchev–Trinajstić information content (AvgIpc) is 3.11. The highest BCUT2D eigenvalue weighted by molar-refractivity contribution is 5.70. The number of carbonyl (C=O) groups is 3. The number of likely N-dealkylation sites (N-methyl/N-ethyl adjacent to an activating group) is 1. The number of carboxylic acid groups (broad SMARTS) is 1. The summed E-state index contributed by atoms with van der Waals surface area (Å²) in [4.78, 5) is 36.8. The standard InChI is InChI=1S/C44H77NO8/c1-6-8-10-12-14-16-18-20-22-24-26-28-30-32-34-41(46)51-38-40(39-52-44(43(48)49)50-37-36-45(3,4)5)53-42(47)35-33-31-29-27-25-23-21-19-17-15-13-11-9-7-2/h12-15,18-21,40,44H,6-11,16-17,22-39H2,1-5H3/b14-12-,15-13-,20-18-,21-19-. The van der Waals surface area contributed by atoms with E-state index in [9.17, 15) is 19.5 Å². The molecule has 0 amide bonds. The summed E-state index contributed by atoms with van der Waals surface area (Å²) < 4.78 is 22.5. The Morgan fingerprint density at radius 2 is 1.02 bits per heavy atom. The van der Waals surface area contributed by atoms with Crippen molar-refractivity contribution in [3.8, 4) is 0 Å². The number of rotatable bonds is 37. The van der Waals surface area contributed by atoms with Crippen LogP contribution in [-0.4, -0.2) is 82.3 Å². The van der Waals surface area contributed by atoms with Crippen molar-refractivity contribution in [2.45, 2.75) is 167 Å². The number of nitrogens with zero attached hydrogens (tertiary/aromatic N) is 1. The topological polar surface area (TPSA) is 111 Å². The molecule has 0 saturated heterocycles. The fourth-order valence-corrected chi connectivity index (χ4v) is 5.21. The van der Waals surface area contributed by atoms with Gasteiger partial charge < -0.3 is 33.3 Å². The minimum Gasteiger partial charge on any atom is -0.545 e. The molecule has 0 saturated carbocycles. The molecule has 9 heteroatoms. The van der Waals surface area contributed by atoms with Crippen molar-refractivity contribution in [3.63, 3.8) is 0 Å². The minimum absolute atomic E-state index is 0.141. The van der Waals surface area contributed by atoms with Crippen molar-refractivity contribution >= 4 is 17.9 Å². The van der Waals surface area contributed by atoms with Gasteiger partial charge in [0.25, 0.3) is 0 Å². The second-order valence-electron chi connectivity index (χ2n) is 14.9. The molecular formula is C44H77NO8. The first-order valence-corrected chi connectivity index (χ1v) is 20.8. The van der Waals surface area contributed by atoms with Gasteiger partial charge in [-0.2, -0.15) is 0 Å². The molecule has 0 aliphatic rings. The molecule has 0 aromatic carbocycles. The Bertz CT molecular complexity index is 1010. The van der Waals surface area contributed by atoms with E-state index in [0.29, 0.717) is 17.4 Å². The van der Waals surface area contributed by atoms with Crippen LogP contribution in [0, 0.1) is 0 Å². The zero-order valence-corrected chi connectivity index (χ0v) is 34.4. The van der Waals surface area contributed by atoms with Crippen LogP contribution in [0.2, 0.25) is 0 Å². The van der Waals surface area contributed by atoms with Crippen LogP contribution in [0.25, 0.3) is 0 Å². The van der Waals surface area contributed by atoms with Crippen LogP contribution < -0.4 is 5.11 Å². The zero-order chi connectivity index (χ0) is 39.3. The van der Waals surface area contributed by atoms with Crippen molar-refractivity contribution in [3.05, 3.63) is 48.6 Å². The van der Waals surface area contributed by atoms with Crippen molar-refractivity contribution < 1.29 is 42.9 Å². The summed E-state index contributed by atoms with van der Waals surface area (Å²) in [6, 6.07) is 0. The van der Waals surface area contributed by atoms with Crippen LogP contribution in [0.5, 0.6) is 0 Å². The number of aliphatic carboxylic acids is 1. The first kappa shape index (κ1) is 50.2. The first-order chi connectivity index (χ1) is 25.6. The van der Waals surface area contributed by atoms with E-state index in [2.05, 4.69) is 62.5 Å². The predicted octanol–water partition coefficient (Wildman–Crippen LogP) is 9.10. The lowest BCUT2D eigenvalue weighted by Gasteiger charge is -2.26. The molecule has 306 valence electrons. The molecule has 0 fully saturated rings. The normalized spacial score (nSPS) is 13.5. The van der Waals surface area contributed by atoms with E-state index in [1.54, 1.807) is 0 Å². The van der Waals surface area contributed by atoms with Crippen LogP contribution >= 0.6 is 0 Å². The number of hydrogen-bond acceptors (Lipinski definition) is 8. The van der Waals surface area contributed by atoms with E-state index in [1.807, 2.05) is 21.1 Å². The third kappa shape index (κ3) is 37.4. The summed E-state index contributed by atoms with van der Waals surface area (Å²) in [5.74, 6) is -2.33. The Labute approximate surface area is 323 Å². The van der Waals surface area contributed by atoms with Gasteiger partial charge in [0.2, 0.25) is 0 Å². The lowest BCUT2D eigenvalue weighted by molar-refractivity contribution is -0.870. The molecule has 0 N–H and O–H groups in total. The Kier molecular flexibility index (Phi) is 34.4. The summed E-state index contributed by atoms with van der Waals surface area (Å²) in [6.07, 6.45) is 37.1. The first-order valence-electron chi connectivity index (χ1n) is 20.8. The third-order valence-corrected chi connectivity index (χ3v) is 8.55. The van der Waals surface area contributed by atoms with Gasteiger partial charge in [-0.25, -0.2) is 0 Å². The van der Waals surface area contributed by atoms with Crippen molar-refractivity contribution in [2.24, 2.45) is 0 Å². The Balaban J connectivity index is 4.55. The van der Waals surface area contributed by atoms with E-state index in [1.165, 1.54) is 25.7 Å². The molecule has 0 aromatic rings. The van der Waals surface area contributed by atoms with E-state index >= 15 is 0 Å². The maximum Gasteiger partial charge on any atom is 0.306 e. The molecule has 9 nitrogen and oxygen atoms in total. The second kappa shape index (κ2) is 36.2. The number of unbranched alkanes of at least 4 members (excludes halogenated alkanes) is 14. The molecule has 53 heavy (non-hydrogen) atoms. The highest BCUT2D eigenvalue weighted by Gasteiger charge is 2.21. The second-order valence-corrected chi connectivity index (χ2v) is 14.9. The zero-order valence-electron chi connectivity index (χ0n) is 34.4. The summed E-state index contributed by atoms with van der Waals surface area (Å²) in [5, 5.41) is 11.7. The molecule has 2 atom stereocenters. The number of quaternary nitrogens is 1. The third-order valence-electron chi connectivity index (χ3n) is 8.55. The quantitative estimate of drug-likeness (QED) is 0.0204. The molecule has 0 bridgehead atoms. The fraction of sp³-hybridized carbons (Fsp3) is 0.750. The average molecular weight is 748 g/mol. The molecule has 2 unspecified atom stereocenters. The van der Waals surface area contributed by atoms with Gasteiger partial charge in [-0.3, -0.25) is 9.59 Å². The van der Waals surface area contributed by atoms with Crippen LogP contribution in [0.3, 0.4) is 0 Å². The van der Waals surface area contributed by atoms with Gasteiger partial charge in [0.15, 0.2) is 12.4 Å². The van der Waals surface area contributed by atoms with Crippen molar-refractivity contribution in [2.75, 3.05) is 47.5 Å². The lowest BCUT2D eigenvalue weighted by Crippen LogP contribution is -2.44. The summed E-state index contributed by atoms with van der Waals surface area (Å²) in [7, 11) is 5.89. The highest BCUT2D eigenvalue weighted by atomic mass is 16.7. The maximum absolute atomic E-state index is 12.7. The monoisotopic (exact) mass is 748 g/mol. The Morgan fingerprint density at radius 1 is 0.566 bits per heavy atom. The van der Waals surface area contributed by atoms with Crippen molar-refractivity contribution in [1.29, 1.82) is 0 Å². The van der Waals surface area contributed by atoms with Crippen LogP contribution in [0.15, 0.2) is 48.6 Å². The Hall–Kier alpha value is -2.75.